The second-order valence-electron chi connectivity index (χ2n) is 5.10. The van der Waals surface area contributed by atoms with Crippen molar-refractivity contribution in [3.8, 4) is 17.2 Å². The first-order valence-electron chi connectivity index (χ1n) is 7.19. The summed E-state index contributed by atoms with van der Waals surface area (Å²) in [6, 6.07) is 14.5. The zero-order valence-corrected chi connectivity index (χ0v) is 13.4. The molecular formula is C17H14ClN3O3. The fraction of sp³-hybridized carbons (Fsp3) is 0.118. The van der Waals surface area contributed by atoms with Crippen molar-refractivity contribution in [2.75, 3.05) is 6.61 Å². The highest BCUT2D eigenvalue weighted by Gasteiger charge is 2.10. The van der Waals surface area contributed by atoms with Gasteiger partial charge in [0.25, 0.3) is 11.8 Å². The summed E-state index contributed by atoms with van der Waals surface area (Å²) in [7, 11) is 0. The Kier molecular flexibility index (Phi) is 4.77. The molecule has 1 amide bonds. The molecule has 1 heterocycles. The number of primary amides is 1. The summed E-state index contributed by atoms with van der Waals surface area (Å²) in [4.78, 5) is 15.1. The number of carbonyl (C=O) groups excluding carboxylic acids is 1. The molecule has 122 valence electrons. The number of carbonyl (C=O) groups is 1. The van der Waals surface area contributed by atoms with E-state index in [1.54, 1.807) is 24.3 Å². The summed E-state index contributed by atoms with van der Waals surface area (Å²) in [5.41, 5.74) is 6.83. The van der Waals surface area contributed by atoms with Gasteiger partial charge in [-0.15, -0.1) is 0 Å². The molecule has 3 rings (SSSR count). The molecule has 0 aliphatic heterocycles. The first-order valence-corrected chi connectivity index (χ1v) is 7.56. The van der Waals surface area contributed by atoms with Gasteiger partial charge in [-0.3, -0.25) is 4.79 Å². The first kappa shape index (κ1) is 16.0. The number of halogens is 1. The van der Waals surface area contributed by atoms with E-state index >= 15 is 0 Å². The van der Waals surface area contributed by atoms with Gasteiger partial charge in [0, 0.05) is 17.0 Å². The van der Waals surface area contributed by atoms with Crippen LogP contribution >= 0.6 is 11.6 Å². The summed E-state index contributed by atoms with van der Waals surface area (Å²) in [6.07, 6.45) is 0.556. The Bertz CT molecular complexity index is 829. The van der Waals surface area contributed by atoms with E-state index < -0.39 is 5.91 Å². The van der Waals surface area contributed by atoms with Gasteiger partial charge in [-0.05, 0) is 42.0 Å². The van der Waals surface area contributed by atoms with Crippen LogP contribution in [0.1, 0.15) is 11.4 Å². The molecule has 0 atom stereocenters. The highest BCUT2D eigenvalue weighted by atomic mass is 35.5. The first-order chi connectivity index (χ1) is 11.6. The summed E-state index contributed by atoms with van der Waals surface area (Å²) in [6.45, 7) is -0.162. The lowest BCUT2D eigenvalue weighted by atomic mass is 10.1. The number of aromatic nitrogens is 2. The van der Waals surface area contributed by atoms with Crippen LogP contribution in [-0.4, -0.2) is 22.7 Å². The van der Waals surface area contributed by atoms with E-state index in [9.17, 15) is 4.79 Å². The van der Waals surface area contributed by atoms with Crippen LogP contribution < -0.4 is 10.5 Å². The van der Waals surface area contributed by atoms with Gasteiger partial charge in [0.1, 0.15) is 5.75 Å². The second-order valence-corrected chi connectivity index (χ2v) is 5.53. The molecule has 0 saturated heterocycles. The van der Waals surface area contributed by atoms with Crippen LogP contribution in [0.4, 0.5) is 0 Å². The van der Waals surface area contributed by atoms with Crippen LogP contribution in [0.3, 0.4) is 0 Å². The zero-order chi connectivity index (χ0) is 16.9. The van der Waals surface area contributed by atoms with E-state index in [4.69, 9.17) is 26.6 Å². The number of hydrogen-bond acceptors (Lipinski definition) is 5. The summed E-state index contributed by atoms with van der Waals surface area (Å²) >= 11 is 5.87. The topological polar surface area (TPSA) is 91.2 Å². The van der Waals surface area contributed by atoms with Gasteiger partial charge in [0.15, 0.2) is 12.4 Å². The molecule has 0 aliphatic rings. The third-order valence-electron chi connectivity index (χ3n) is 3.23. The summed E-state index contributed by atoms with van der Waals surface area (Å²) in [5.74, 6) is 1.02. The van der Waals surface area contributed by atoms with Crippen LogP contribution in [-0.2, 0) is 11.2 Å². The molecule has 0 saturated carbocycles. The van der Waals surface area contributed by atoms with E-state index in [1.807, 2.05) is 24.3 Å². The molecule has 3 aromatic rings. The summed E-state index contributed by atoms with van der Waals surface area (Å²) in [5, 5.41) is 4.67. The Hall–Kier alpha value is -2.86. The molecule has 7 heteroatoms. The molecule has 2 aromatic carbocycles. The molecule has 2 N–H and O–H groups in total. The normalized spacial score (nSPS) is 10.5. The molecule has 0 spiro atoms. The maximum absolute atomic E-state index is 10.7. The van der Waals surface area contributed by atoms with Crippen molar-refractivity contribution in [2.45, 2.75) is 6.42 Å². The minimum absolute atomic E-state index is 0.162. The molecule has 1 aromatic heterocycles. The Morgan fingerprint density at radius 3 is 2.50 bits per heavy atom. The maximum Gasteiger partial charge on any atom is 0.257 e. The molecule has 0 bridgehead atoms. The maximum atomic E-state index is 10.7. The Balaban J connectivity index is 1.68. The van der Waals surface area contributed by atoms with Crippen LogP contribution in [0.2, 0.25) is 5.02 Å². The highest BCUT2D eigenvalue weighted by Crippen LogP contribution is 2.21. The molecule has 0 aliphatic carbocycles. The zero-order valence-electron chi connectivity index (χ0n) is 12.6. The van der Waals surface area contributed by atoms with Gasteiger partial charge >= 0.3 is 0 Å². The minimum atomic E-state index is -0.525. The molecular weight excluding hydrogens is 330 g/mol. The van der Waals surface area contributed by atoms with Crippen LogP contribution in [0.25, 0.3) is 11.5 Å². The largest absolute Gasteiger partial charge is 0.484 e. The van der Waals surface area contributed by atoms with Crippen molar-refractivity contribution >= 4 is 17.5 Å². The molecule has 24 heavy (non-hydrogen) atoms. The van der Waals surface area contributed by atoms with Crippen molar-refractivity contribution in [2.24, 2.45) is 5.73 Å². The lowest BCUT2D eigenvalue weighted by Gasteiger charge is -2.03. The van der Waals surface area contributed by atoms with Gasteiger partial charge in [-0.25, -0.2) is 0 Å². The average Bonchev–Trinajstić information content (AvgIpc) is 3.04. The number of ether oxygens (including phenoxy) is 1. The van der Waals surface area contributed by atoms with Gasteiger partial charge in [0.2, 0.25) is 0 Å². The highest BCUT2D eigenvalue weighted by molar-refractivity contribution is 6.30. The monoisotopic (exact) mass is 343 g/mol. The quantitative estimate of drug-likeness (QED) is 0.743. The van der Waals surface area contributed by atoms with E-state index in [-0.39, 0.29) is 6.61 Å². The second kappa shape index (κ2) is 7.14. The Morgan fingerprint density at radius 1 is 1.12 bits per heavy atom. The van der Waals surface area contributed by atoms with Crippen molar-refractivity contribution in [1.29, 1.82) is 0 Å². The van der Waals surface area contributed by atoms with E-state index in [1.165, 1.54) is 0 Å². The SMILES string of the molecule is NC(=O)COc1ccc(-c2nc(Cc3ccc(Cl)cc3)no2)cc1. The number of nitrogens with zero attached hydrogens (tertiary/aromatic N) is 2. The van der Waals surface area contributed by atoms with Crippen molar-refractivity contribution in [3.63, 3.8) is 0 Å². The standard InChI is InChI=1S/C17H14ClN3O3/c18-13-5-1-11(2-6-13)9-16-20-17(24-21-16)12-3-7-14(8-4-12)23-10-15(19)22/h1-8H,9-10H2,(H2,19,22). The fourth-order valence-electron chi connectivity index (χ4n) is 2.08. The van der Waals surface area contributed by atoms with E-state index in [0.717, 1.165) is 11.1 Å². The summed E-state index contributed by atoms with van der Waals surface area (Å²) < 4.78 is 10.5. The van der Waals surface area contributed by atoms with Crippen molar-refractivity contribution < 1.29 is 14.1 Å². The van der Waals surface area contributed by atoms with E-state index in [2.05, 4.69) is 10.1 Å². The van der Waals surface area contributed by atoms with Gasteiger partial charge in [-0.2, -0.15) is 4.98 Å². The third kappa shape index (κ3) is 4.11. The van der Waals surface area contributed by atoms with Gasteiger partial charge < -0.3 is 15.0 Å². The predicted molar refractivity (Wildman–Crippen MR) is 88.7 cm³/mol. The smallest absolute Gasteiger partial charge is 0.257 e. The van der Waals surface area contributed by atoms with Crippen LogP contribution in [0, 0.1) is 0 Å². The molecule has 0 radical (unpaired) electrons. The number of nitrogens with two attached hydrogens (primary N) is 1. The molecule has 0 unspecified atom stereocenters. The van der Waals surface area contributed by atoms with Crippen molar-refractivity contribution in [1.82, 2.24) is 10.1 Å². The molecule has 6 nitrogen and oxygen atoms in total. The van der Waals surface area contributed by atoms with Crippen LogP contribution in [0.5, 0.6) is 5.75 Å². The number of benzene rings is 2. The number of hydrogen-bond donors (Lipinski definition) is 1. The van der Waals surface area contributed by atoms with E-state index in [0.29, 0.717) is 28.9 Å². The van der Waals surface area contributed by atoms with Crippen LogP contribution in [0.15, 0.2) is 53.1 Å². The number of amides is 1. The minimum Gasteiger partial charge on any atom is -0.484 e. The number of rotatable bonds is 6. The lowest BCUT2D eigenvalue weighted by Crippen LogP contribution is -2.19. The predicted octanol–water partition coefficient (Wildman–Crippen LogP) is 2.84. The van der Waals surface area contributed by atoms with Gasteiger partial charge in [-0.1, -0.05) is 28.9 Å². The molecule has 0 fully saturated rings. The third-order valence-corrected chi connectivity index (χ3v) is 3.48. The Morgan fingerprint density at radius 2 is 1.83 bits per heavy atom. The van der Waals surface area contributed by atoms with Crippen molar-refractivity contribution in [3.05, 3.63) is 64.9 Å². The lowest BCUT2D eigenvalue weighted by molar-refractivity contribution is -0.119. The Labute approximate surface area is 143 Å². The fourth-order valence-corrected chi connectivity index (χ4v) is 2.20. The van der Waals surface area contributed by atoms with Gasteiger partial charge in [0.05, 0.1) is 0 Å². The average molecular weight is 344 g/mol.